The van der Waals surface area contributed by atoms with E-state index in [-0.39, 0.29) is 22.3 Å². The Balaban J connectivity index is 1.05. The van der Waals surface area contributed by atoms with E-state index in [2.05, 4.69) is 13.8 Å². The SMILES string of the molecule is CCC1(COCCCCOc2ccc(C(=O)Oc3ccc(OC(=O)c4ccc(OCC5(CC)COC5)cc4)cc3CO)cc2)COC1. The fourth-order valence-corrected chi connectivity index (χ4v) is 5.12. The molecule has 3 aromatic rings. The Morgan fingerprint density at radius 2 is 1.21 bits per heavy atom. The lowest BCUT2D eigenvalue weighted by atomic mass is 9.84. The lowest BCUT2D eigenvalue weighted by Gasteiger charge is -2.40. The van der Waals surface area contributed by atoms with E-state index < -0.39 is 18.5 Å². The number of aliphatic hydroxyl groups excluding tert-OH is 1. The van der Waals surface area contributed by atoms with Gasteiger partial charge in [-0.15, -0.1) is 0 Å². The Labute approximate surface area is 275 Å². The first-order chi connectivity index (χ1) is 22.9. The number of carbonyl (C=O) groups is 2. The summed E-state index contributed by atoms with van der Waals surface area (Å²) in [6.07, 6.45) is 3.79. The van der Waals surface area contributed by atoms with Gasteiger partial charge in [-0.2, -0.15) is 0 Å². The molecule has 0 radical (unpaired) electrons. The summed E-state index contributed by atoms with van der Waals surface area (Å²) in [6, 6.07) is 17.9. The van der Waals surface area contributed by atoms with Crippen LogP contribution in [-0.4, -0.2) is 69.9 Å². The molecule has 2 fully saturated rings. The third-order valence-electron chi connectivity index (χ3n) is 8.83. The van der Waals surface area contributed by atoms with Crippen LogP contribution in [0.25, 0.3) is 0 Å². The van der Waals surface area contributed by atoms with E-state index in [1.165, 1.54) is 18.2 Å². The van der Waals surface area contributed by atoms with Crippen molar-refractivity contribution in [2.24, 2.45) is 10.8 Å². The first-order valence-corrected chi connectivity index (χ1v) is 16.2. The average Bonchev–Trinajstić information content (AvgIpc) is 3.06. The summed E-state index contributed by atoms with van der Waals surface area (Å²) in [5.74, 6) is 0.526. The molecule has 10 nitrogen and oxygen atoms in total. The van der Waals surface area contributed by atoms with Crippen LogP contribution in [0.15, 0.2) is 66.7 Å². The van der Waals surface area contributed by atoms with Gasteiger partial charge in [0, 0.05) is 17.6 Å². The summed E-state index contributed by atoms with van der Waals surface area (Å²) >= 11 is 0. The molecular formula is C37H44O10. The van der Waals surface area contributed by atoms with Crippen LogP contribution in [0.1, 0.15) is 65.8 Å². The summed E-state index contributed by atoms with van der Waals surface area (Å²) in [6.45, 7) is 9.35. The molecule has 0 saturated carbocycles. The highest BCUT2D eigenvalue weighted by atomic mass is 16.5. The zero-order valence-corrected chi connectivity index (χ0v) is 27.2. The monoisotopic (exact) mass is 648 g/mol. The number of unbranched alkanes of at least 4 members (excludes halogenated alkanes) is 1. The quantitative estimate of drug-likeness (QED) is 0.0996. The van der Waals surface area contributed by atoms with Gasteiger partial charge in [0.15, 0.2) is 0 Å². The van der Waals surface area contributed by atoms with Crippen LogP contribution < -0.4 is 18.9 Å². The first kappa shape index (κ1) is 34.4. The van der Waals surface area contributed by atoms with Crippen LogP contribution >= 0.6 is 0 Å². The molecule has 2 aliphatic heterocycles. The molecule has 5 rings (SSSR count). The van der Waals surface area contributed by atoms with Crippen molar-refractivity contribution in [2.75, 3.05) is 52.9 Å². The average molecular weight is 649 g/mol. The van der Waals surface area contributed by atoms with Gasteiger partial charge in [-0.3, -0.25) is 0 Å². The lowest BCUT2D eigenvalue weighted by Crippen LogP contribution is -2.46. The normalized spacial score (nSPS) is 16.0. The van der Waals surface area contributed by atoms with Gasteiger partial charge in [-0.25, -0.2) is 9.59 Å². The van der Waals surface area contributed by atoms with Crippen molar-refractivity contribution in [3.8, 4) is 23.0 Å². The van der Waals surface area contributed by atoms with E-state index in [0.717, 1.165) is 45.5 Å². The minimum atomic E-state index is -0.591. The number of aliphatic hydroxyl groups is 1. The number of esters is 2. The highest BCUT2D eigenvalue weighted by Gasteiger charge is 2.38. The van der Waals surface area contributed by atoms with Crippen molar-refractivity contribution >= 4 is 11.9 Å². The van der Waals surface area contributed by atoms with Gasteiger partial charge < -0.3 is 38.3 Å². The Morgan fingerprint density at radius 1 is 0.681 bits per heavy atom. The zero-order valence-electron chi connectivity index (χ0n) is 27.2. The number of hydrogen-bond donors (Lipinski definition) is 1. The van der Waals surface area contributed by atoms with E-state index in [4.69, 9.17) is 33.2 Å². The molecule has 0 unspecified atom stereocenters. The van der Waals surface area contributed by atoms with Crippen LogP contribution in [0, 0.1) is 10.8 Å². The van der Waals surface area contributed by atoms with Crippen molar-refractivity contribution in [1.82, 2.24) is 0 Å². The second-order valence-corrected chi connectivity index (χ2v) is 12.3. The smallest absolute Gasteiger partial charge is 0.343 e. The fraction of sp³-hybridized carbons (Fsp3) is 0.459. The first-order valence-electron chi connectivity index (χ1n) is 16.2. The third kappa shape index (κ3) is 9.10. The maximum absolute atomic E-state index is 12.8. The molecule has 2 saturated heterocycles. The maximum atomic E-state index is 12.8. The molecule has 252 valence electrons. The molecule has 3 aromatic carbocycles. The van der Waals surface area contributed by atoms with Crippen molar-refractivity contribution in [3.63, 3.8) is 0 Å². The van der Waals surface area contributed by atoms with Gasteiger partial charge in [0.2, 0.25) is 0 Å². The molecule has 0 spiro atoms. The summed E-state index contributed by atoms with van der Waals surface area (Å²) in [7, 11) is 0. The summed E-state index contributed by atoms with van der Waals surface area (Å²) in [4.78, 5) is 25.6. The Morgan fingerprint density at radius 3 is 1.77 bits per heavy atom. The molecule has 1 N–H and O–H groups in total. The maximum Gasteiger partial charge on any atom is 0.343 e. The minimum absolute atomic E-state index is 0.0578. The largest absolute Gasteiger partial charge is 0.494 e. The summed E-state index contributed by atoms with van der Waals surface area (Å²) in [5.41, 5.74) is 1.23. The van der Waals surface area contributed by atoms with E-state index in [0.29, 0.717) is 61.2 Å². The summed E-state index contributed by atoms with van der Waals surface area (Å²) < 4.78 is 39.2. The van der Waals surface area contributed by atoms with Crippen LogP contribution in [0.4, 0.5) is 0 Å². The molecule has 2 heterocycles. The van der Waals surface area contributed by atoms with Gasteiger partial charge in [0.05, 0.1) is 69.4 Å². The zero-order chi connectivity index (χ0) is 33.1. The Bertz CT molecular complexity index is 1450. The van der Waals surface area contributed by atoms with Gasteiger partial charge in [0.1, 0.15) is 23.0 Å². The highest BCUT2D eigenvalue weighted by Crippen LogP contribution is 2.33. The second-order valence-electron chi connectivity index (χ2n) is 12.3. The highest BCUT2D eigenvalue weighted by molar-refractivity contribution is 5.92. The molecule has 2 aliphatic rings. The minimum Gasteiger partial charge on any atom is -0.494 e. The molecular weight excluding hydrogens is 604 g/mol. The van der Waals surface area contributed by atoms with E-state index >= 15 is 0 Å². The lowest BCUT2D eigenvalue weighted by molar-refractivity contribution is -0.150. The van der Waals surface area contributed by atoms with Crippen LogP contribution in [0.2, 0.25) is 0 Å². The molecule has 0 bridgehead atoms. The predicted octanol–water partition coefficient (Wildman–Crippen LogP) is 6.02. The molecule has 0 aromatic heterocycles. The molecule has 47 heavy (non-hydrogen) atoms. The van der Waals surface area contributed by atoms with Gasteiger partial charge >= 0.3 is 11.9 Å². The topological polar surface area (TPSA) is 119 Å². The summed E-state index contributed by atoms with van der Waals surface area (Å²) in [5, 5.41) is 9.92. The van der Waals surface area contributed by atoms with E-state index in [1.807, 2.05) is 0 Å². The molecule has 10 heteroatoms. The fourth-order valence-electron chi connectivity index (χ4n) is 5.12. The van der Waals surface area contributed by atoms with Crippen molar-refractivity contribution in [3.05, 3.63) is 83.4 Å². The number of benzene rings is 3. The van der Waals surface area contributed by atoms with Gasteiger partial charge in [0.25, 0.3) is 0 Å². The molecule has 0 amide bonds. The van der Waals surface area contributed by atoms with Crippen LogP contribution in [-0.2, 0) is 20.8 Å². The number of rotatable bonds is 18. The number of ether oxygens (including phenoxy) is 7. The molecule has 0 atom stereocenters. The predicted molar refractivity (Wildman–Crippen MR) is 173 cm³/mol. The third-order valence-corrected chi connectivity index (χ3v) is 8.83. The van der Waals surface area contributed by atoms with Crippen molar-refractivity contribution in [2.45, 2.75) is 46.1 Å². The Kier molecular flexibility index (Phi) is 11.9. The van der Waals surface area contributed by atoms with Crippen LogP contribution in [0.5, 0.6) is 23.0 Å². The molecule has 0 aliphatic carbocycles. The Hall–Kier alpha value is -3.96. The van der Waals surface area contributed by atoms with E-state index in [9.17, 15) is 14.7 Å². The number of carbonyl (C=O) groups excluding carboxylic acids is 2. The number of hydrogen-bond acceptors (Lipinski definition) is 10. The second kappa shape index (κ2) is 16.2. The van der Waals surface area contributed by atoms with Gasteiger partial charge in [-0.05, 0) is 92.4 Å². The van der Waals surface area contributed by atoms with Crippen LogP contribution in [0.3, 0.4) is 0 Å². The standard InChI is InChI=1S/C37H44O10/c1-3-36(22-42-23-36)21-41-17-5-6-18-44-30-11-7-28(8-12-30)35(40)47-33-16-15-32(19-29(33)20-38)46-34(39)27-9-13-31(14-10-27)45-26-37(4-2)24-43-25-37/h7-16,19,38H,3-6,17-18,20-26H2,1-2H3. The van der Waals surface area contributed by atoms with Crippen molar-refractivity contribution < 1.29 is 47.9 Å². The van der Waals surface area contributed by atoms with Gasteiger partial charge in [-0.1, -0.05) is 13.8 Å². The van der Waals surface area contributed by atoms with E-state index in [1.54, 1.807) is 48.5 Å². The van der Waals surface area contributed by atoms with Crippen molar-refractivity contribution in [1.29, 1.82) is 0 Å².